The topological polar surface area (TPSA) is 58.9 Å². The standard InChI is InChI=1S/C17H27N3O3/c1-19-7-5-6-12(19)10-18-14-13-11-22-17(23-13)15(16(14)21)20-8-3-2-4-9-20/h5-7,13-18,21H,2-4,8-11H2,1H3/t13-,14-,15-,16+,17-/m1/s1. The van der Waals surface area contributed by atoms with Gasteiger partial charge in [0.15, 0.2) is 6.29 Å². The van der Waals surface area contributed by atoms with Gasteiger partial charge in [-0.1, -0.05) is 6.42 Å². The molecule has 0 amide bonds. The molecule has 0 spiro atoms. The zero-order valence-electron chi connectivity index (χ0n) is 13.7. The number of likely N-dealkylation sites (tertiary alicyclic amines) is 1. The van der Waals surface area contributed by atoms with E-state index in [-0.39, 0.29) is 24.5 Å². The zero-order chi connectivity index (χ0) is 15.8. The number of ether oxygens (including phenoxy) is 2. The highest BCUT2D eigenvalue weighted by molar-refractivity contribution is 5.08. The second-order valence-corrected chi connectivity index (χ2v) is 6.97. The highest BCUT2D eigenvalue weighted by atomic mass is 16.7. The second kappa shape index (κ2) is 6.53. The van der Waals surface area contributed by atoms with E-state index >= 15 is 0 Å². The summed E-state index contributed by atoms with van der Waals surface area (Å²) >= 11 is 0. The fourth-order valence-electron chi connectivity index (χ4n) is 4.16. The molecule has 5 atom stereocenters. The van der Waals surface area contributed by atoms with Gasteiger partial charge < -0.3 is 24.5 Å². The monoisotopic (exact) mass is 321 g/mol. The van der Waals surface area contributed by atoms with Crippen LogP contribution in [0.2, 0.25) is 0 Å². The quantitative estimate of drug-likeness (QED) is 0.843. The Bertz CT molecular complexity index is 529. The van der Waals surface area contributed by atoms with E-state index < -0.39 is 6.10 Å². The maximum absolute atomic E-state index is 11.0. The number of aliphatic hydroxyl groups is 1. The van der Waals surface area contributed by atoms with Crippen molar-refractivity contribution in [2.45, 2.75) is 56.4 Å². The number of piperidine rings is 1. The molecule has 3 aliphatic heterocycles. The third-order valence-electron chi connectivity index (χ3n) is 5.51. The molecule has 6 nitrogen and oxygen atoms in total. The number of nitrogens with one attached hydrogen (secondary N) is 1. The van der Waals surface area contributed by atoms with E-state index in [2.05, 4.69) is 20.9 Å². The lowest BCUT2D eigenvalue weighted by Gasteiger charge is -2.45. The Labute approximate surface area is 137 Å². The van der Waals surface area contributed by atoms with Crippen molar-refractivity contribution in [3.05, 3.63) is 24.0 Å². The first-order chi connectivity index (χ1) is 11.2. The summed E-state index contributed by atoms with van der Waals surface area (Å²) in [5.74, 6) is 0. The van der Waals surface area contributed by atoms with Crippen molar-refractivity contribution in [1.82, 2.24) is 14.8 Å². The third-order valence-corrected chi connectivity index (χ3v) is 5.51. The maximum atomic E-state index is 11.0. The first-order valence-corrected chi connectivity index (χ1v) is 8.77. The Morgan fingerprint density at radius 3 is 2.87 bits per heavy atom. The molecule has 6 heteroatoms. The van der Waals surface area contributed by atoms with Gasteiger partial charge in [0.1, 0.15) is 6.10 Å². The molecule has 3 saturated heterocycles. The van der Waals surface area contributed by atoms with Crippen LogP contribution in [-0.4, -0.2) is 64.9 Å². The summed E-state index contributed by atoms with van der Waals surface area (Å²) in [5.41, 5.74) is 1.20. The van der Waals surface area contributed by atoms with Crippen LogP contribution in [0.5, 0.6) is 0 Å². The summed E-state index contributed by atoms with van der Waals surface area (Å²) in [4.78, 5) is 2.36. The molecule has 0 aromatic carbocycles. The summed E-state index contributed by atoms with van der Waals surface area (Å²) in [6, 6.07) is 3.99. The molecule has 2 N–H and O–H groups in total. The molecule has 3 fully saturated rings. The van der Waals surface area contributed by atoms with Crippen molar-refractivity contribution in [3.63, 3.8) is 0 Å². The van der Waals surface area contributed by atoms with Gasteiger partial charge in [0.2, 0.25) is 0 Å². The molecule has 1 aromatic rings. The van der Waals surface area contributed by atoms with Gasteiger partial charge in [0.05, 0.1) is 24.8 Å². The van der Waals surface area contributed by atoms with Crippen LogP contribution >= 0.6 is 0 Å². The minimum Gasteiger partial charge on any atom is -0.390 e. The Kier molecular flexibility index (Phi) is 4.43. The molecule has 3 aliphatic rings. The number of fused-ring (bicyclic) bond motifs is 2. The first-order valence-electron chi connectivity index (χ1n) is 8.77. The molecular weight excluding hydrogens is 294 g/mol. The van der Waals surface area contributed by atoms with Gasteiger partial charge in [-0.25, -0.2) is 0 Å². The van der Waals surface area contributed by atoms with Crippen LogP contribution in [0.15, 0.2) is 18.3 Å². The lowest BCUT2D eigenvalue weighted by molar-refractivity contribution is -0.184. The second-order valence-electron chi connectivity index (χ2n) is 6.97. The van der Waals surface area contributed by atoms with E-state index in [0.29, 0.717) is 6.61 Å². The highest BCUT2D eigenvalue weighted by Crippen LogP contribution is 2.32. The first kappa shape index (κ1) is 15.6. The summed E-state index contributed by atoms with van der Waals surface area (Å²) in [7, 11) is 2.04. The molecule has 0 saturated carbocycles. The van der Waals surface area contributed by atoms with Crippen LogP contribution < -0.4 is 5.32 Å². The van der Waals surface area contributed by atoms with Crippen molar-refractivity contribution in [3.8, 4) is 0 Å². The summed E-state index contributed by atoms with van der Waals surface area (Å²) < 4.78 is 14.0. The number of aromatic nitrogens is 1. The Morgan fingerprint density at radius 1 is 1.30 bits per heavy atom. The number of aryl methyl sites for hydroxylation is 1. The predicted molar refractivity (Wildman–Crippen MR) is 85.9 cm³/mol. The SMILES string of the molecule is Cn1cccc1CN[C@H]1[C@H](O)[C@@H](N2CCCCC2)[C@@H]2OC[C@H]1O2. The average molecular weight is 321 g/mol. The lowest BCUT2D eigenvalue weighted by atomic mass is 9.93. The largest absolute Gasteiger partial charge is 0.390 e. The van der Waals surface area contributed by atoms with Gasteiger partial charge in [-0.2, -0.15) is 0 Å². The van der Waals surface area contributed by atoms with Crippen molar-refractivity contribution < 1.29 is 14.6 Å². The number of hydrogen-bond acceptors (Lipinski definition) is 5. The highest BCUT2D eigenvalue weighted by Gasteiger charge is 2.51. The van der Waals surface area contributed by atoms with E-state index in [9.17, 15) is 5.11 Å². The van der Waals surface area contributed by atoms with Crippen LogP contribution in [-0.2, 0) is 23.1 Å². The predicted octanol–water partition coefficient (Wildman–Crippen LogP) is 0.454. The fraction of sp³-hybridized carbons (Fsp3) is 0.765. The zero-order valence-corrected chi connectivity index (χ0v) is 13.7. The van der Waals surface area contributed by atoms with Gasteiger partial charge in [-0.15, -0.1) is 0 Å². The van der Waals surface area contributed by atoms with E-state index in [1.807, 2.05) is 19.3 Å². The maximum Gasteiger partial charge on any atom is 0.176 e. The molecule has 23 heavy (non-hydrogen) atoms. The fourth-order valence-corrected chi connectivity index (χ4v) is 4.16. The summed E-state index contributed by atoms with van der Waals surface area (Å²) in [6.07, 6.45) is 4.92. The van der Waals surface area contributed by atoms with E-state index in [1.54, 1.807) is 0 Å². The van der Waals surface area contributed by atoms with Crippen molar-refractivity contribution >= 4 is 0 Å². The number of aliphatic hydroxyl groups excluding tert-OH is 1. The molecular formula is C17H27N3O3. The van der Waals surface area contributed by atoms with Crippen LogP contribution in [0.4, 0.5) is 0 Å². The summed E-state index contributed by atoms with van der Waals surface area (Å²) in [6.45, 7) is 3.35. The smallest absolute Gasteiger partial charge is 0.176 e. The van der Waals surface area contributed by atoms with Crippen molar-refractivity contribution in [2.24, 2.45) is 7.05 Å². The van der Waals surface area contributed by atoms with Gasteiger partial charge in [0.25, 0.3) is 0 Å². The van der Waals surface area contributed by atoms with Gasteiger partial charge in [-0.3, -0.25) is 4.90 Å². The minimum absolute atomic E-state index is 0.0556. The van der Waals surface area contributed by atoms with E-state index in [4.69, 9.17) is 9.47 Å². The van der Waals surface area contributed by atoms with Gasteiger partial charge in [-0.05, 0) is 38.1 Å². The molecule has 4 heterocycles. The molecule has 2 bridgehead atoms. The van der Waals surface area contributed by atoms with Crippen LogP contribution in [0.3, 0.4) is 0 Å². The number of nitrogens with zero attached hydrogens (tertiary/aromatic N) is 2. The van der Waals surface area contributed by atoms with Crippen LogP contribution in [0.25, 0.3) is 0 Å². The molecule has 0 aliphatic carbocycles. The lowest BCUT2D eigenvalue weighted by Crippen LogP contribution is -2.64. The van der Waals surface area contributed by atoms with Gasteiger partial charge in [0, 0.05) is 25.5 Å². The number of hydrogen-bond donors (Lipinski definition) is 2. The Hall–Kier alpha value is -0.920. The molecule has 1 aromatic heterocycles. The van der Waals surface area contributed by atoms with Crippen molar-refractivity contribution in [2.75, 3.05) is 19.7 Å². The molecule has 0 unspecified atom stereocenters. The molecule has 0 radical (unpaired) electrons. The Morgan fingerprint density at radius 2 is 2.13 bits per heavy atom. The minimum atomic E-state index is -0.459. The Balaban J connectivity index is 1.46. The summed E-state index contributed by atoms with van der Waals surface area (Å²) in [5, 5.41) is 14.5. The van der Waals surface area contributed by atoms with Gasteiger partial charge >= 0.3 is 0 Å². The normalized spacial score (nSPS) is 38.1. The van der Waals surface area contributed by atoms with Crippen LogP contribution in [0.1, 0.15) is 25.0 Å². The van der Waals surface area contributed by atoms with Crippen LogP contribution in [0, 0.1) is 0 Å². The molecule has 128 valence electrons. The van der Waals surface area contributed by atoms with E-state index in [1.165, 1.54) is 25.0 Å². The van der Waals surface area contributed by atoms with Crippen molar-refractivity contribution in [1.29, 1.82) is 0 Å². The van der Waals surface area contributed by atoms with E-state index in [0.717, 1.165) is 19.6 Å². The average Bonchev–Trinajstić information content (AvgIpc) is 3.16. The molecule has 4 rings (SSSR count). The number of rotatable bonds is 4. The third kappa shape index (κ3) is 2.94.